The van der Waals surface area contributed by atoms with E-state index in [9.17, 15) is 4.79 Å². The van der Waals surface area contributed by atoms with Crippen LogP contribution in [-0.2, 0) is 19.1 Å². The van der Waals surface area contributed by atoms with E-state index < -0.39 is 0 Å². The molecule has 0 spiro atoms. The van der Waals surface area contributed by atoms with Crippen LogP contribution >= 0.6 is 0 Å². The van der Waals surface area contributed by atoms with Gasteiger partial charge in [0.1, 0.15) is 18.1 Å². The molecule has 0 aliphatic heterocycles. The Morgan fingerprint density at radius 3 is 2.39 bits per heavy atom. The number of anilines is 1. The van der Waals surface area contributed by atoms with Crippen molar-refractivity contribution in [1.82, 2.24) is 9.78 Å². The quantitative estimate of drug-likeness (QED) is 0.452. The molecule has 158 valence electrons. The number of carbonyl (C=O) groups excluding carboxylic acids is 1. The molecule has 1 N–H and O–H groups in total. The van der Waals surface area contributed by atoms with E-state index in [0.717, 1.165) is 5.75 Å². The van der Waals surface area contributed by atoms with Gasteiger partial charge in [0.15, 0.2) is 11.6 Å². The molecule has 2 heterocycles. The summed E-state index contributed by atoms with van der Waals surface area (Å²) in [6.45, 7) is 4.65. The lowest BCUT2D eigenvalue weighted by atomic mass is 9.78. The Hall–Kier alpha value is -3.80. The van der Waals surface area contributed by atoms with Crippen LogP contribution < -0.4 is 10.1 Å². The normalized spacial score (nSPS) is 11.3. The number of carbonyl (C=O) groups is 1. The van der Waals surface area contributed by atoms with E-state index in [1.165, 1.54) is 11.1 Å². The zero-order valence-electron chi connectivity index (χ0n) is 17.8. The fraction of sp³-hybridized carbons (Fsp3) is 0.200. The van der Waals surface area contributed by atoms with E-state index in [-0.39, 0.29) is 23.7 Å². The van der Waals surface area contributed by atoms with E-state index in [1.807, 2.05) is 18.2 Å². The molecule has 6 nitrogen and oxygen atoms in total. The summed E-state index contributed by atoms with van der Waals surface area (Å²) in [7, 11) is 1.78. The summed E-state index contributed by atoms with van der Waals surface area (Å²) in [6, 6.07) is 23.6. The average molecular weight is 415 g/mol. The number of aryl methyl sites for hydroxylation is 1. The lowest BCUT2D eigenvalue weighted by Gasteiger charge is -2.26. The highest BCUT2D eigenvalue weighted by Crippen LogP contribution is 2.32. The first-order valence-electron chi connectivity index (χ1n) is 10.1. The van der Waals surface area contributed by atoms with Gasteiger partial charge in [-0.05, 0) is 35.4 Å². The number of nitrogens with one attached hydrogen (secondary N) is 1. The third-order valence-corrected chi connectivity index (χ3v) is 5.29. The van der Waals surface area contributed by atoms with Crippen LogP contribution in [0.4, 0.5) is 5.82 Å². The number of ether oxygens (including phenoxy) is 1. The Labute approximate surface area is 181 Å². The fourth-order valence-electron chi connectivity index (χ4n) is 3.38. The number of amides is 1. The molecule has 0 saturated carbocycles. The standard InChI is InChI=1S/C25H25N3O3/c1-25(2,18-7-5-4-6-8-18)19-9-11-20(12-10-19)30-17-21-13-14-22(31-21)24(29)26-23-15-16-28(3)27-23/h4-16H,17H2,1-3H3,(H,26,27,29). The summed E-state index contributed by atoms with van der Waals surface area (Å²) in [5.74, 6) is 1.64. The third-order valence-electron chi connectivity index (χ3n) is 5.29. The lowest BCUT2D eigenvalue weighted by Crippen LogP contribution is -2.18. The number of furan rings is 1. The number of nitrogens with zero attached hydrogens (tertiary/aromatic N) is 2. The van der Waals surface area contributed by atoms with Crippen LogP contribution in [-0.4, -0.2) is 15.7 Å². The average Bonchev–Trinajstić information content (AvgIpc) is 3.42. The summed E-state index contributed by atoms with van der Waals surface area (Å²) < 4.78 is 13.1. The number of hydrogen-bond donors (Lipinski definition) is 1. The monoisotopic (exact) mass is 415 g/mol. The van der Waals surface area contributed by atoms with Crippen molar-refractivity contribution < 1.29 is 13.9 Å². The maximum absolute atomic E-state index is 12.3. The van der Waals surface area contributed by atoms with Gasteiger partial charge in [-0.15, -0.1) is 0 Å². The molecule has 4 aromatic rings. The third kappa shape index (κ3) is 4.69. The highest BCUT2D eigenvalue weighted by molar-refractivity contribution is 6.01. The summed E-state index contributed by atoms with van der Waals surface area (Å²) in [4.78, 5) is 12.3. The molecule has 0 unspecified atom stereocenters. The van der Waals surface area contributed by atoms with Crippen LogP contribution in [0.5, 0.6) is 5.75 Å². The molecular weight excluding hydrogens is 390 g/mol. The van der Waals surface area contributed by atoms with Crippen LogP contribution in [0.3, 0.4) is 0 Å². The predicted molar refractivity (Wildman–Crippen MR) is 119 cm³/mol. The summed E-state index contributed by atoms with van der Waals surface area (Å²) in [5, 5.41) is 6.82. The van der Waals surface area contributed by atoms with Crippen molar-refractivity contribution in [3.8, 4) is 5.75 Å². The van der Waals surface area contributed by atoms with Gasteiger partial charge in [-0.3, -0.25) is 9.48 Å². The number of rotatable bonds is 7. The second kappa shape index (κ2) is 8.52. The molecule has 0 radical (unpaired) electrons. The molecule has 0 bridgehead atoms. The molecule has 2 aromatic carbocycles. The molecule has 0 aliphatic rings. The second-order valence-electron chi connectivity index (χ2n) is 7.90. The van der Waals surface area contributed by atoms with Gasteiger partial charge in [0, 0.05) is 24.7 Å². The SMILES string of the molecule is Cn1ccc(NC(=O)c2ccc(COc3ccc(C(C)(C)c4ccccc4)cc3)o2)n1. The fourth-order valence-corrected chi connectivity index (χ4v) is 3.38. The van der Waals surface area contributed by atoms with Crippen LogP contribution in [0.25, 0.3) is 0 Å². The predicted octanol–water partition coefficient (Wildman–Crippen LogP) is 5.17. The minimum Gasteiger partial charge on any atom is -0.486 e. The van der Waals surface area contributed by atoms with Gasteiger partial charge >= 0.3 is 0 Å². The van der Waals surface area contributed by atoms with Crippen LogP contribution in [0, 0.1) is 0 Å². The summed E-state index contributed by atoms with van der Waals surface area (Å²) in [5.41, 5.74) is 2.37. The van der Waals surface area contributed by atoms with Crippen molar-refractivity contribution >= 4 is 11.7 Å². The largest absolute Gasteiger partial charge is 0.486 e. The molecule has 0 atom stereocenters. The van der Waals surface area contributed by atoms with Crippen LogP contribution in [0.1, 0.15) is 41.3 Å². The Bertz CT molecular complexity index is 1160. The minimum absolute atomic E-state index is 0.101. The molecule has 31 heavy (non-hydrogen) atoms. The topological polar surface area (TPSA) is 69.3 Å². The van der Waals surface area contributed by atoms with Gasteiger partial charge in [0.25, 0.3) is 5.91 Å². The summed E-state index contributed by atoms with van der Waals surface area (Å²) in [6.07, 6.45) is 1.75. The summed E-state index contributed by atoms with van der Waals surface area (Å²) >= 11 is 0. The van der Waals surface area contributed by atoms with E-state index in [1.54, 1.807) is 36.1 Å². The van der Waals surface area contributed by atoms with Gasteiger partial charge in [-0.25, -0.2) is 0 Å². The molecule has 0 aliphatic carbocycles. The Morgan fingerprint density at radius 1 is 1.00 bits per heavy atom. The van der Waals surface area contributed by atoms with Gasteiger partial charge in [0.05, 0.1) is 0 Å². The zero-order valence-corrected chi connectivity index (χ0v) is 17.8. The smallest absolute Gasteiger partial charge is 0.292 e. The molecule has 2 aromatic heterocycles. The molecule has 0 saturated heterocycles. The van der Waals surface area contributed by atoms with Crippen molar-refractivity contribution in [2.75, 3.05) is 5.32 Å². The van der Waals surface area contributed by atoms with Gasteiger partial charge < -0.3 is 14.5 Å². The molecule has 1 amide bonds. The van der Waals surface area contributed by atoms with Crippen molar-refractivity contribution in [2.24, 2.45) is 7.05 Å². The lowest BCUT2D eigenvalue weighted by molar-refractivity contribution is 0.0992. The minimum atomic E-state index is -0.350. The Morgan fingerprint density at radius 2 is 1.71 bits per heavy atom. The van der Waals surface area contributed by atoms with E-state index in [2.05, 4.69) is 60.7 Å². The van der Waals surface area contributed by atoms with Gasteiger partial charge in [-0.2, -0.15) is 5.10 Å². The van der Waals surface area contributed by atoms with Gasteiger partial charge in [0.2, 0.25) is 0 Å². The Balaban J connectivity index is 1.36. The molecule has 4 rings (SSSR count). The second-order valence-corrected chi connectivity index (χ2v) is 7.90. The number of aromatic nitrogens is 2. The highest BCUT2D eigenvalue weighted by Gasteiger charge is 2.22. The van der Waals surface area contributed by atoms with Crippen molar-refractivity contribution in [2.45, 2.75) is 25.9 Å². The van der Waals surface area contributed by atoms with Gasteiger partial charge in [-0.1, -0.05) is 56.3 Å². The van der Waals surface area contributed by atoms with E-state index in [0.29, 0.717) is 11.6 Å². The van der Waals surface area contributed by atoms with Crippen molar-refractivity contribution in [3.05, 3.63) is 102 Å². The van der Waals surface area contributed by atoms with Crippen LogP contribution in [0.2, 0.25) is 0 Å². The number of hydrogen-bond acceptors (Lipinski definition) is 4. The van der Waals surface area contributed by atoms with E-state index in [4.69, 9.17) is 9.15 Å². The first-order valence-corrected chi connectivity index (χ1v) is 10.1. The van der Waals surface area contributed by atoms with Crippen LogP contribution in [0.15, 0.2) is 83.4 Å². The maximum atomic E-state index is 12.3. The molecular formula is C25H25N3O3. The maximum Gasteiger partial charge on any atom is 0.292 e. The van der Waals surface area contributed by atoms with Crippen molar-refractivity contribution in [3.63, 3.8) is 0 Å². The Kier molecular flexibility index (Phi) is 5.62. The number of benzene rings is 2. The highest BCUT2D eigenvalue weighted by atomic mass is 16.5. The van der Waals surface area contributed by atoms with Crippen molar-refractivity contribution in [1.29, 1.82) is 0 Å². The van der Waals surface area contributed by atoms with E-state index >= 15 is 0 Å². The molecule has 6 heteroatoms. The zero-order chi connectivity index (χ0) is 21.8. The molecule has 0 fully saturated rings. The first-order chi connectivity index (χ1) is 14.9. The first kappa shape index (κ1) is 20.5.